The van der Waals surface area contributed by atoms with Crippen LogP contribution in [0.5, 0.6) is 0 Å². The molecule has 1 amide bonds. The number of amides is 1. The van der Waals surface area contributed by atoms with E-state index in [-0.39, 0.29) is 12.5 Å². The minimum absolute atomic E-state index is 0.0188. The van der Waals surface area contributed by atoms with Crippen LogP contribution in [0.4, 0.5) is 11.4 Å². The van der Waals surface area contributed by atoms with Gasteiger partial charge in [-0.15, -0.1) is 11.8 Å². The second-order valence-electron chi connectivity index (χ2n) is 3.55. The Bertz CT molecular complexity index is 409. The Hall–Kier alpha value is -1.20. The summed E-state index contributed by atoms with van der Waals surface area (Å²) in [4.78, 5) is 14.7. The molecule has 1 heterocycles. The molecule has 86 valence electrons. The second kappa shape index (κ2) is 4.76. The number of nitrogens with two attached hydrogens (primary N) is 1. The Morgan fingerprint density at radius 3 is 3.19 bits per heavy atom. The van der Waals surface area contributed by atoms with E-state index in [4.69, 9.17) is 10.5 Å². The molecule has 0 spiro atoms. The average molecular weight is 238 g/mol. The number of carbonyl (C=O) groups excluding carboxylic acids is 1. The second-order valence-corrected chi connectivity index (χ2v) is 4.69. The highest BCUT2D eigenvalue weighted by Gasteiger charge is 2.22. The van der Waals surface area contributed by atoms with Crippen molar-refractivity contribution in [2.45, 2.75) is 4.90 Å². The van der Waals surface area contributed by atoms with E-state index in [0.717, 1.165) is 16.3 Å². The number of rotatable bonds is 2. The smallest absolute Gasteiger partial charge is 0.253 e. The molecular weight excluding hydrogens is 224 g/mol. The summed E-state index contributed by atoms with van der Waals surface area (Å²) in [5, 5.41) is 0. The molecule has 0 saturated heterocycles. The van der Waals surface area contributed by atoms with E-state index in [2.05, 4.69) is 0 Å². The van der Waals surface area contributed by atoms with Crippen molar-refractivity contribution in [3.8, 4) is 0 Å². The molecule has 0 atom stereocenters. The normalized spacial score (nSPS) is 14.7. The number of hydrogen-bond donors (Lipinski definition) is 1. The number of hydrogen-bond acceptors (Lipinski definition) is 4. The van der Waals surface area contributed by atoms with Crippen LogP contribution in [0.1, 0.15) is 0 Å². The third-order valence-electron chi connectivity index (χ3n) is 2.42. The standard InChI is InChI=1S/C11H14N2O2S/c1-15-7-11(14)13-4-5-16-10-3-2-8(12)6-9(10)13/h2-3,6H,4-5,7,12H2,1H3. The molecule has 5 heteroatoms. The van der Waals surface area contributed by atoms with E-state index in [9.17, 15) is 4.79 Å². The van der Waals surface area contributed by atoms with E-state index < -0.39 is 0 Å². The Morgan fingerprint density at radius 2 is 2.44 bits per heavy atom. The minimum Gasteiger partial charge on any atom is -0.399 e. The lowest BCUT2D eigenvalue weighted by atomic mass is 10.2. The average Bonchev–Trinajstić information content (AvgIpc) is 2.28. The lowest BCUT2D eigenvalue weighted by Gasteiger charge is -2.29. The van der Waals surface area contributed by atoms with Gasteiger partial charge in [-0.2, -0.15) is 0 Å². The lowest BCUT2D eigenvalue weighted by molar-refractivity contribution is -0.122. The molecule has 2 N–H and O–H groups in total. The number of nitrogen functional groups attached to an aromatic ring is 1. The molecule has 2 rings (SSSR count). The van der Waals surface area contributed by atoms with Gasteiger partial charge in [0.2, 0.25) is 0 Å². The van der Waals surface area contributed by atoms with Crippen LogP contribution >= 0.6 is 11.8 Å². The molecule has 0 bridgehead atoms. The third kappa shape index (κ3) is 2.15. The highest BCUT2D eigenvalue weighted by molar-refractivity contribution is 7.99. The van der Waals surface area contributed by atoms with Gasteiger partial charge in [0, 0.05) is 30.0 Å². The van der Waals surface area contributed by atoms with Gasteiger partial charge in [-0.1, -0.05) is 0 Å². The van der Waals surface area contributed by atoms with Gasteiger partial charge >= 0.3 is 0 Å². The van der Waals surface area contributed by atoms with Crippen molar-refractivity contribution < 1.29 is 9.53 Å². The number of anilines is 2. The Morgan fingerprint density at radius 1 is 1.62 bits per heavy atom. The quantitative estimate of drug-likeness (QED) is 0.790. The first-order chi connectivity index (χ1) is 7.72. The summed E-state index contributed by atoms with van der Waals surface area (Å²) in [6.07, 6.45) is 0. The highest BCUT2D eigenvalue weighted by Crippen LogP contribution is 2.35. The SMILES string of the molecule is COCC(=O)N1CCSc2ccc(N)cc21. The molecule has 1 aliphatic heterocycles. The maximum absolute atomic E-state index is 11.8. The molecule has 0 unspecified atom stereocenters. The van der Waals surface area contributed by atoms with Crippen LogP contribution in [0.3, 0.4) is 0 Å². The van der Waals surface area contributed by atoms with E-state index in [1.54, 1.807) is 16.7 Å². The van der Waals surface area contributed by atoms with Crippen molar-refractivity contribution in [2.24, 2.45) is 0 Å². The summed E-state index contributed by atoms with van der Waals surface area (Å²) in [6.45, 7) is 0.822. The van der Waals surface area contributed by atoms with Crippen molar-refractivity contribution in [1.82, 2.24) is 0 Å². The number of fused-ring (bicyclic) bond motifs is 1. The van der Waals surface area contributed by atoms with E-state index in [1.807, 2.05) is 18.2 Å². The van der Waals surface area contributed by atoms with Gasteiger partial charge in [0.15, 0.2) is 0 Å². The maximum Gasteiger partial charge on any atom is 0.253 e. The van der Waals surface area contributed by atoms with Crippen molar-refractivity contribution in [2.75, 3.05) is 36.6 Å². The molecule has 0 radical (unpaired) electrons. The van der Waals surface area contributed by atoms with Crippen LogP contribution < -0.4 is 10.6 Å². The maximum atomic E-state index is 11.8. The van der Waals surface area contributed by atoms with Crippen molar-refractivity contribution in [3.63, 3.8) is 0 Å². The Labute approximate surface area is 98.7 Å². The van der Waals surface area contributed by atoms with Gasteiger partial charge in [-0.25, -0.2) is 0 Å². The zero-order valence-electron chi connectivity index (χ0n) is 9.10. The molecule has 1 aromatic carbocycles. The van der Waals surface area contributed by atoms with E-state index in [0.29, 0.717) is 12.2 Å². The lowest BCUT2D eigenvalue weighted by Crippen LogP contribution is -2.37. The number of ether oxygens (including phenoxy) is 1. The van der Waals surface area contributed by atoms with Crippen LogP contribution in [0.2, 0.25) is 0 Å². The first-order valence-electron chi connectivity index (χ1n) is 5.04. The first kappa shape index (κ1) is 11.3. The molecule has 0 aromatic heterocycles. The zero-order valence-corrected chi connectivity index (χ0v) is 9.92. The predicted octanol–water partition coefficient (Wildman–Crippen LogP) is 1.35. The molecule has 1 aliphatic rings. The van der Waals surface area contributed by atoms with Gasteiger partial charge < -0.3 is 15.4 Å². The fraction of sp³-hybridized carbons (Fsp3) is 0.364. The largest absolute Gasteiger partial charge is 0.399 e. The molecule has 0 aliphatic carbocycles. The monoisotopic (exact) mass is 238 g/mol. The van der Waals surface area contributed by atoms with Crippen molar-refractivity contribution >= 4 is 29.0 Å². The molecule has 0 fully saturated rings. The number of benzene rings is 1. The molecule has 16 heavy (non-hydrogen) atoms. The predicted molar refractivity (Wildman–Crippen MR) is 65.8 cm³/mol. The van der Waals surface area contributed by atoms with Crippen LogP contribution in [0.25, 0.3) is 0 Å². The summed E-state index contributed by atoms with van der Waals surface area (Å²) in [5.41, 5.74) is 7.32. The number of carbonyl (C=O) groups is 1. The molecule has 0 saturated carbocycles. The van der Waals surface area contributed by atoms with E-state index in [1.165, 1.54) is 7.11 Å². The Kier molecular flexibility index (Phi) is 3.36. The first-order valence-corrected chi connectivity index (χ1v) is 6.02. The van der Waals surface area contributed by atoms with Crippen LogP contribution in [0, 0.1) is 0 Å². The minimum atomic E-state index is -0.0188. The summed E-state index contributed by atoms with van der Waals surface area (Å²) in [5.74, 6) is 0.890. The van der Waals surface area contributed by atoms with Gasteiger partial charge in [0.25, 0.3) is 5.91 Å². The van der Waals surface area contributed by atoms with Crippen LogP contribution in [-0.4, -0.2) is 31.9 Å². The summed E-state index contributed by atoms with van der Waals surface area (Å²) >= 11 is 1.75. The number of methoxy groups -OCH3 is 1. The van der Waals surface area contributed by atoms with Gasteiger partial charge in [0.1, 0.15) is 6.61 Å². The van der Waals surface area contributed by atoms with Gasteiger partial charge in [-0.05, 0) is 18.2 Å². The summed E-state index contributed by atoms with van der Waals surface area (Å²) in [7, 11) is 1.52. The summed E-state index contributed by atoms with van der Waals surface area (Å²) in [6, 6.07) is 5.66. The van der Waals surface area contributed by atoms with Gasteiger partial charge in [-0.3, -0.25) is 4.79 Å². The molecular formula is C11H14N2O2S. The highest BCUT2D eigenvalue weighted by atomic mass is 32.2. The number of thioether (sulfide) groups is 1. The fourth-order valence-electron chi connectivity index (χ4n) is 1.70. The summed E-state index contributed by atoms with van der Waals surface area (Å²) < 4.78 is 4.87. The van der Waals surface area contributed by atoms with Crippen molar-refractivity contribution in [1.29, 1.82) is 0 Å². The van der Waals surface area contributed by atoms with E-state index >= 15 is 0 Å². The van der Waals surface area contributed by atoms with Crippen LogP contribution in [-0.2, 0) is 9.53 Å². The van der Waals surface area contributed by atoms with Crippen molar-refractivity contribution in [3.05, 3.63) is 18.2 Å². The number of nitrogens with zero attached hydrogens (tertiary/aromatic N) is 1. The fourth-order valence-corrected chi connectivity index (χ4v) is 2.67. The topological polar surface area (TPSA) is 55.6 Å². The Balaban J connectivity index is 2.31. The van der Waals surface area contributed by atoms with Crippen LogP contribution in [0.15, 0.2) is 23.1 Å². The molecule has 4 nitrogen and oxygen atoms in total. The van der Waals surface area contributed by atoms with Gasteiger partial charge in [0.05, 0.1) is 5.69 Å². The third-order valence-corrected chi connectivity index (χ3v) is 3.46. The zero-order chi connectivity index (χ0) is 11.5. The molecule has 1 aromatic rings.